The largest absolute Gasteiger partial charge is 0.491 e. The maximum absolute atomic E-state index is 13.3. The third-order valence-electron chi connectivity index (χ3n) is 1.83. The first-order chi connectivity index (χ1) is 7.27. The average Bonchev–Trinajstić information content (AvgIpc) is 2.23. The minimum absolute atomic E-state index is 0.278. The van der Waals surface area contributed by atoms with Crippen molar-refractivity contribution in [3.63, 3.8) is 0 Å². The van der Waals surface area contributed by atoms with Gasteiger partial charge in [0.05, 0.1) is 19.8 Å². The SMILES string of the molecule is CCOc1ccc(COCCN)cc1F. The Morgan fingerprint density at radius 1 is 1.40 bits per heavy atom. The second-order valence-electron chi connectivity index (χ2n) is 3.04. The van der Waals surface area contributed by atoms with Gasteiger partial charge in [0, 0.05) is 6.54 Å². The topological polar surface area (TPSA) is 44.5 Å². The van der Waals surface area contributed by atoms with Crippen LogP contribution in [0.1, 0.15) is 12.5 Å². The van der Waals surface area contributed by atoms with E-state index in [9.17, 15) is 4.39 Å². The first-order valence-electron chi connectivity index (χ1n) is 4.97. The number of benzene rings is 1. The monoisotopic (exact) mass is 213 g/mol. The molecule has 0 atom stereocenters. The molecule has 0 aliphatic carbocycles. The summed E-state index contributed by atoms with van der Waals surface area (Å²) in [6.07, 6.45) is 0. The number of rotatable bonds is 6. The maximum Gasteiger partial charge on any atom is 0.165 e. The van der Waals surface area contributed by atoms with E-state index in [0.29, 0.717) is 26.4 Å². The van der Waals surface area contributed by atoms with E-state index in [2.05, 4.69) is 0 Å². The van der Waals surface area contributed by atoms with E-state index in [1.54, 1.807) is 12.1 Å². The van der Waals surface area contributed by atoms with Gasteiger partial charge in [0.15, 0.2) is 11.6 Å². The summed E-state index contributed by atoms with van der Waals surface area (Å²) in [6.45, 7) is 3.60. The molecule has 0 fully saturated rings. The zero-order valence-corrected chi connectivity index (χ0v) is 8.83. The van der Waals surface area contributed by atoms with Crippen molar-refractivity contribution in [1.82, 2.24) is 0 Å². The Balaban J connectivity index is 2.56. The van der Waals surface area contributed by atoms with E-state index < -0.39 is 0 Å². The van der Waals surface area contributed by atoms with E-state index in [1.807, 2.05) is 6.92 Å². The molecule has 1 aromatic carbocycles. The van der Waals surface area contributed by atoms with Crippen LogP contribution in [0.25, 0.3) is 0 Å². The van der Waals surface area contributed by atoms with Crippen LogP contribution in [-0.4, -0.2) is 19.8 Å². The molecule has 2 N–H and O–H groups in total. The molecule has 0 aromatic heterocycles. The predicted octanol–water partition coefficient (Wildman–Crippen LogP) is 1.70. The van der Waals surface area contributed by atoms with Gasteiger partial charge in [0.25, 0.3) is 0 Å². The highest BCUT2D eigenvalue weighted by Gasteiger charge is 2.03. The fourth-order valence-corrected chi connectivity index (χ4v) is 1.18. The number of hydrogen-bond acceptors (Lipinski definition) is 3. The third kappa shape index (κ3) is 3.85. The molecule has 0 bridgehead atoms. The van der Waals surface area contributed by atoms with Crippen molar-refractivity contribution < 1.29 is 13.9 Å². The van der Waals surface area contributed by atoms with Crippen molar-refractivity contribution in [2.75, 3.05) is 19.8 Å². The molecule has 0 unspecified atom stereocenters. The van der Waals surface area contributed by atoms with E-state index in [0.717, 1.165) is 5.56 Å². The molecule has 1 aromatic rings. The van der Waals surface area contributed by atoms with Crippen molar-refractivity contribution in [2.24, 2.45) is 5.73 Å². The molecule has 0 saturated heterocycles. The minimum atomic E-state index is -0.356. The molecule has 3 nitrogen and oxygen atoms in total. The highest BCUT2D eigenvalue weighted by molar-refractivity contribution is 5.28. The summed E-state index contributed by atoms with van der Waals surface area (Å²) in [4.78, 5) is 0. The fourth-order valence-electron chi connectivity index (χ4n) is 1.18. The summed E-state index contributed by atoms with van der Waals surface area (Å²) >= 11 is 0. The minimum Gasteiger partial charge on any atom is -0.491 e. The van der Waals surface area contributed by atoms with Crippen molar-refractivity contribution in [2.45, 2.75) is 13.5 Å². The Morgan fingerprint density at radius 2 is 2.20 bits per heavy atom. The second-order valence-corrected chi connectivity index (χ2v) is 3.04. The molecule has 0 spiro atoms. The molecule has 0 radical (unpaired) electrons. The normalized spacial score (nSPS) is 10.3. The Morgan fingerprint density at radius 3 is 2.80 bits per heavy atom. The molecule has 84 valence electrons. The van der Waals surface area contributed by atoms with Crippen LogP contribution in [0.15, 0.2) is 18.2 Å². The van der Waals surface area contributed by atoms with E-state index in [4.69, 9.17) is 15.2 Å². The van der Waals surface area contributed by atoms with Gasteiger partial charge in [-0.25, -0.2) is 4.39 Å². The molecule has 0 aliphatic heterocycles. The van der Waals surface area contributed by atoms with Crippen LogP contribution in [0, 0.1) is 5.82 Å². The number of nitrogens with two attached hydrogens (primary N) is 1. The summed E-state index contributed by atoms with van der Waals surface area (Å²) in [5.41, 5.74) is 6.05. The number of ether oxygens (including phenoxy) is 2. The average molecular weight is 213 g/mol. The molecule has 0 saturated carbocycles. The Bertz CT molecular complexity index is 305. The summed E-state index contributed by atoms with van der Waals surface area (Å²) < 4.78 is 23.6. The van der Waals surface area contributed by atoms with Crippen LogP contribution >= 0.6 is 0 Å². The lowest BCUT2D eigenvalue weighted by Gasteiger charge is -2.07. The highest BCUT2D eigenvalue weighted by Crippen LogP contribution is 2.18. The van der Waals surface area contributed by atoms with Crippen LogP contribution in [0.5, 0.6) is 5.75 Å². The molecule has 15 heavy (non-hydrogen) atoms. The highest BCUT2D eigenvalue weighted by atomic mass is 19.1. The molecule has 1 rings (SSSR count). The Hall–Kier alpha value is -1.13. The molecule has 0 amide bonds. The molecular weight excluding hydrogens is 197 g/mol. The van der Waals surface area contributed by atoms with Crippen LogP contribution < -0.4 is 10.5 Å². The van der Waals surface area contributed by atoms with Gasteiger partial charge in [-0.05, 0) is 24.6 Å². The summed E-state index contributed by atoms with van der Waals surface area (Å²) in [7, 11) is 0. The Kier molecular flexibility index (Phi) is 5.07. The molecule has 4 heteroatoms. The number of hydrogen-bond donors (Lipinski definition) is 1. The van der Waals surface area contributed by atoms with Crippen LogP contribution in [0.4, 0.5) is 4.39 Å². The van der Waals surface area contributed by atoms with Gasteiger partial charge >= 0.3 is 0 Å². The molecular formula is C11H16FNO2. The van der Waals surface area contributed by atoms with Crippen LogP contribution in [0.3, 0.4) is 0 Å². The van der Waals surface area contributed by atoms with E-state index in [1.165, 1.54) is 6.07 Å². The quantitative estimate of drug-likeness (QED) is 0.731. The summed E-state index contributed by atoms with van der Waals surface area (Å²) in [6, 6.07) is 4.81. The van der Waals surface area contributed by atoms with Gasteiger partial charge < -0.3 is 15.2 Å². The predicted molar refractivity (Wildman–Crippen MR) is 56.3 cm³/mol. The zero-order valence-electron chi connectivity index (χ0n) is 8.83. The number of halogens is 1. The van der Waals surface area contributed by atoms with Crippen LogP contribution in [-0.2, 0) is 11.3 Å². The van der Waals surface area contributed by atoms with Crippen molar-refractivity contribution in [3.05, 3.63) is 29.6 Å². The van der Waals surface area contributed by atoms with Gasteiger partial charge in [-0.2, -0.15) is 0 Å². The first-order valence-corrected chi connectivity index (χ1v) is 4.97. The fraction of sp³-hybridized carbons (Fsp3) is 0.455. The second kappa shape index (κ2) is 6.37. The Labute approximate surface area is 89.0 Å². The van der Waals surface area contributed by atoms with E-state index in [-0.39, 0.29) is 11.6 Å². The molecule has 0 aliphatic rings. The smallest absolute Gasteiger partial charge is 0.165 e. The van der Waals surface area contributed by atoms with Crippen LogP contribution in [0.2, 0.25) is 0 Å². The van der Waals surface area contributed by atoms with Crippen molar-refractivity contribution in [1.29, 1.82) is 0 Å². The van der Waals surface area contributed by atoms with Gasteiger partial charge in [0.1, 0.15) is 0 Å². The first kappa shape index (κ1) is 11.9. The lowest BCUT2D eigenvalue weighted by atomic mass is 10.2. The molecule has 0 heterocycles. The van der Waals surface area contributed by atoms with Gasteiger partial charge in [-0.3, -0.25) is 0 Å². The zero-order chi connectivity index (χ0) is 11.1. The summed E-state index contributed by atoms with van der Waals surface area (Å²) in [5.74, 6) is -0.0780. The van der Waals surface area contributed by atoms with E-state index >= 15 is 0 Å². The third-order valence-corrected chi connectivity index (χ3v) is 1.83. The lowest BCUT2D eigenvalue weighted by Crippen LogP contribution is -2.08. The van der Waals surface area contributed by atoms with Gasteiger partial charge in [-0.1, -0.05) is 6.07 Å². The lowest BCUT2D eigenvalue weighted by molar-refractivity contribution is 0.128. The van der Waals surface area contributed by atoms with Crippen molar-refractivity contribution in [3.8, 4) is 5.75 Å². The summed E-state index contributed by atoms with van der Waals surface area (Å²) in [5, 5.41) is 0. The van der Waals surface area contributed by atoms with Crippen molar-refractivity contribution >= 4 is 0 Å². The maximum atomic E-state index is 13.3. The van der Waals surface area contributed by atoms with Gasteiger partial charge in [-0.15, -0.1) is 0 Å². The van der Waals surface area contributed by atoms with Gasteiger partial charge in [0.2, 0.25) is 0 Å². The standard InChI is InChI=1S/C11H16FNO2/c1-2-15-11-4-3-9(7-10(11)12)8-14-6-5-13/h3-4,7H,2,5-6,8,13H2,1H3.